The normalized spacial score (nSPS) is 11.3. The van der Waals surface area contributed by atoms with Gasteiger partial charge in [-0.25, -0.2) is 4.98 Å². The van der Waals surface area contributed by atoms with Gasteiger partial charge in [-0.3, -0.25) is 14.9 Å². The van der Waals surface area contributed by atoms with Gasteiger partial charge in [0.15, 0.2) is 0 Å². The summed E-state index contributed by atoms with van der Waals surface area (Å²) in [5.74, 6) is -0.370. The summed E-state index contributed by atoms with van der Waals surface area (Å²) < 4.78 is 0. The Labute approximate surface area is 144 Å². The van der Waals surface area contributed by atoms with Crippen molar-refractivity contribution in [1.82, 2.24) is 10.3 Å². The molecule has 1 aromatic heterocycles. The van der Waals surface area contributed by atoms with Crippen molar-refractivity contribution < 1.29 is 9.72 Å². The third kappa shape index (κ3) is 4.29. The number of amides is 1. The van der Waals surface area contributed by atoms with Crippen LogP contribution in [0.4, 0.5) is 11.4 Å². The Kier molecular flexibility index (Phi) is 5.18. The van der Waals surface area contributed by atoms with E-state index in [0.717, 1.165) is 10.7 Å². The van der Waals surface area contributed by atoms with Crippen molar-refractivity contribution in [3.63, 3.8) is 0 Å². The van der Waals surface area contributed by atoms with E-state index in [1.165, 1.54) is 18.2 Å². The number of rotatable bonds is 5. The molecule has 0 atom stereocenters. The van der Waals surface area contributed by atoms with Crippen LogP contribution in [-0.4, -0.2) is 22.4 Å². The molecule has 2 aromatic rings. The van der Waals surface area contributed by atoms with Crippen molar-refractivity contribution in [3.8, 4) is 0 Å². The number of benzene rings is 1. The monoisotopic (exact) mass is 348 g/mol. The number of aromatic nitrogens is 1. The van der Waals surface area contributed by atoms with Gasteiger partial charge in [-0.1, -0.05) is 20.8 Å². The van der Waals surface area contributed by atoms with Gasteiger partial charge in [0.05, 0.1) is 15.6 Å². The summed E-state index contributed by atoms with van der Waals surface area (Å²) >= 11 is 1.56. The van der Waals surface area contributed by atoms with Crippen LogP contribution in [0, 0.1) is 10.1 Å². The number of carbonyl (C=O) groups is 1. The molecule has 0 aliphatic rings. The van der Waals surface area contributed by atoms with Gasteiger partial charge in [-0.2, -0.15) is 0 Å². The minimum absolute atomic E-state index is 0.000896. The summed E-state index contributed by atoms with van der Waals surface area (Å²) in [6.45, 7) is 6.71. The van der Waals surface area contributed by atoms with Crippen LogP contribution in [0.3, 0.4) is 0 Å². The van der Waals surface area contributed by atoms with Gasteiger partial charge in [0, 0.05) is 35.4 Å². The lowest BCUT2D eigenvalue weighted by Crippen LogP contribution is -2.25. The molecular formula is C16H20N4O3S. The quantitative estimate of drug-likeness (QED) is 0.490. The smallest absolute Gasteiger partial charge is 0.292 e. The van der Waals surface area contributed by atoms with Gasteiger partial charge in [0.1, 0.15) is 5.69 Å². The first-order valence-electron chi connectivity index (χ1n) is 7.45. The van der Waals surface area contributed by atoms with E-state index in [1.54, 1.807) is 11.3 Å². The van der Waals surface area contributed by atoms with Gasteiger partial charge in [0.2, 0.25) is 0 Å². The lowest BCUT2D eigenvalue weighted by molar-refractivity contribution is -0.383. The van der Waals surface area contributed by atoms with Crippen LogP contribution in [0.2, 0.25) is 0 Å². The molecular weight excluding hydrogens is 328 g/mol. The van der Waals surface area contributed by atoms with Crippen LogP contribution < -0.4 is 11.1 Å². The second-order valence-electron chi connectivity index (χ2n) is 6.41. The first kappa shape index (κ1) is 17.9. The van der Waals surface area contributed by atoms with Crippen LogP contribution in [0.25, 0.3) is 0 Å². The van der Waals surface area contributed by atoms with Crippen molar-refractivity contribution >= 4 is 28.6 Å². The molecule has 0 saturated heterocycles. The zero-order chi connectivity index (χ0) is 17.9. The zero-order valence-corrected chi connectivity index (χ0v) is 14.6. The Hall–Kier alpha value is -2.48. The van der Waals surface area contributed by atoms with Crippen LogP contribution in [0.1, 0.15) is 41.8 Å². The highest BCUT2D eigenvalue weighted by molar-refractivity contribution is 7.09. The fourth-order valence-electron chi connectivity index (χ4n) is 2.00. The number of anilines is 1. The molecule has 0 fully saturated rings. The topological polar surface area (TPSA) is 111 Å². The SMILES string of the molecule is CC(C)(C)c1csc(CCNC(=O)c2ccc(N)c([N+](=O)[O-])c2)n1. The molecule has 0 aliphatic heterocycles. The minimum atomic E-state index is -0.601. The Morgan fingerprint density at radius 3 is 2.71 bits per heavy atom. The number of carbonyl (C=O) groups excluding carboxylic acids is 1. The van der Waals surface area contributed by atoms with Crippen molar-refractivity contribution in [2.24, 2.45) is 0 Å². The molecule has 8 heteroatoms. The van der Waals surface area contributed by atoms with Crippen molar-refractivity contribution in [2.75, 3.05) is 12.3 Å². The number of nitrogens with zero attached hydrogens (tertiary/aromatic N) is 2. The number of thiazole rings is 1. The highest BCUT2D eigenvalue weighted by Crippen LogP contribution is 2.24. The molecule has 1 heterocycles. The van der Waals surface area contributed by atoms with Gasteiger partial charge in [-0.15, -0.1) is 11.3 Å². The number of nitro benzene ring substituents is 1. The van der Waals surface area contributed by atoms with E-state index in [9.17, 15) is 14.9 Å². The number of hydrogen-bond acceptors (Lipinski definition) is 6. The van der Waals surface area contributed by atoms with Crippen LogP contribution in [0.15, 0.2) is 23.6 Å². The maximum absolute atomic E-state index is 12.1. The molecule has 0 bridgehead atoms. The molecule has 24 heavy (non-hydrogen) atoms. The van der Waals surface area contributed by atoms with E-state index < -0.39 is 4.92 Å². The van der Waals surface area contributed by atoms with Gasteiger partial charge < -0.3 is 11.1 Å². The summed E-state index contributed by atoms with van der Waals surface area (Å²) in [4.78, 5) is 26.9. The zero-order valence-electron chi connectivity index (χ0n) is 13.8. The summed E-state index contributed by atoms with van der Waals surface area (Å²) in [5, 5.41) is 16.6. The lowest BCUT2D eigenvalue weighted by atomic mass is 9.93. The Balaban J connectivity index is 1.95. The van der Waals surface area contributed by atoms with E-state index >= 15 is 0 Å². The molecule has 128 valence electrons. The van der Waals surface area contributed by atoms with E-state index in [4.69, 9.17) is 5.73 Å². The average molecular weight is 348 g/mol. The predicted octanol–water partition coefficient (Wildman–Crippen LogP) is 2.90. The molecule has 0 saturated carbocycles. The molecule has 2 rings (SSSR count). The summed E-state index contributed by atoms with van der Waals surface area (Å²) in [7, 11) is 0. The minimum Gasteiger partial charge on any atom is -0.393 e. The van der Waals surface area contributed by atoms with Gasteiger partial charge in [-0.05, 0) is 12.1 Å². The van der Waals surface area contributed by atoms with E-state index in [-0.39, 0.29) is 28.3 Å². The van der Waals surface area contributed by atoms with E-state index in [1.807, 2.05) is 5.38 Å². The fraction of sp³-hybridized carbons (Fsp3) is 0.375. The third-order valence-corrected chi connectivity index (χ3v) is 4.34. The van der Waals surface area contributed by atoms with Gasteiger partial charge >= 0.3 is 0 Å². The van der Waals surface area contributed by atoms with E-state index in [2.05, 4.69) is 31.1 Å². The lowest BCUT2D eigenvalue weighted by Gasteiger charge is -2.14. The Bertz CT molecular complexity index is 765. The largest absolute Gasteiger partial charge is 0.393 e. The number of nitrogens with two attached hydrogens (primary N) is 1. The van der Waals surface area contributed by atoms with E-state index in [0.29, 0.717) is 13.0 Å². The molecule has 1 aromatic carbocycles. The molecule has 1 amide bonds. The predicted molar refractivity (Wildman–Crippen MR) is 94.4 cm³/mol. The van der Waals surface area contributed by atoms with Crippen molar-refractivity contribution in [1.29, 1.82) is 0 Å². The van der Waals surface area contributed by atoms with Crippen molar-refractivity contribution in [2.45, 2.75) is 32.6 Å². The average Bonchev–Trinajstić information content (AvgIpc) is 2.96. The molecule has 3 N–H and O–H groups in total. The highest BCUT2D eigenvalue weighted by Gasteiger charge is 2.18. The second kappa shape index (κ2) is 6.96. The Morgan fingerprint density at radius 2 is 2.12 bits per heavy atom. The van der Waals surface area contributed by atoms with Crippen LogP contribution in [-0.2, 0) is 11.8 Å². The molecule has 0 unspecified atom stereocenters. The Morgan fingerprint density at radius 1 is 1.42 bits per heavy atom. The number of nitro groups is 1. The first-order chi connectivity index (χ1) is 11.2. The number of hydrogen-bond donors (Lipinski definition) is 2. The maximum atomic E-state index is 12.1. The number of nitrogens with one attached hydrogen (secondary N) is 1. The van der Waals surface area contributed by atoms with Crippen LogP contribution in [0.5, 0.6) is 0 Å². The molecule has 0 spiro atoms. The first-order valence-corrected chi connectivity index (χ1v) is 8.33. The summed E-state index contributed by atoms with van der Waals surface area (Å²) in [6, 6.07) is 4.02. The standard InChI is InChI=1S/C16H20N4O3S/c1-16(2,3)13-9-24-14(19-13)6-7-18-15(21)10-4-5-11(17)12(8-10)20(22)23/h4-5,8-9H,6-7,17H2,1-3H3,(H,18,21). The van der Waals surface area contributed by atoms with Crippen LogP contribution >= 0.6 is 11.3 Å². The van der Waals surface area contributed by atoms with Crippen molar-refractivity contribution in [3.05, 3.63) is 50.0 Å². The third-order valence-electron chi connectivity index (χ3n) is 3.43. The summed E-state index contributed by atoms with van der Waals surface area (Å²) in [5.41, 5.74) is 6.54. The highest BCUT2D eigenvalue weighted by atomic mass is 32.1. The molecule has 7 nitrogen and oxygen atoms in total. The molecule has 0 aliphatic carbocycles. The summed E-state index contributed by atoms with van der Waals surface area (Å²) in [6.07, 6.45) is 0.615. The molecule has 0 radical (unpaired) electrons. The number of nitrogen functional groups attached to an aromatic ring is 1. The fourth-order valence-corrected chi connectivity index (χ4v) is 3.02. The maximum Gasteiger partial charge on any atom is 0.292 e. The second-order valence-corrected chi connectivity index (χ2v) is 7.36. The van der Waals surface area contributed by atoms with Gasteiger partial charge in [0.25, 0.3) is 11.6 Å².